The summed E-state index contributed by atoms with van der Waals surface area (Å²) in [6, 6.07) is 5.63. The van der Waals surface area contributed by atoms with Crippen molar-refractivity contribution < 1.29 is 22.7 Å². The molecule has 0 fully saturated rings. The van der Waals surface area contributed by atoms with Crippen molar-refractivity contribution in [2.24, 2.45) is 0 Å². The molecule has 0 aromatic heterocycles. The van der Waals surface area contributed by atoms with Gasteiger partial charge in [-0.05, 0) is 24.6 Å². The highest BCUT2D eigenvalue weighted by Gasteiger charge is 2.40. The van der Waals surface area contributed by atoms with E-state index in [4.69, 9.17) is 4.74 Å². The lowest BCUT2D eigenvalue weighted by Crippen LogP contribution is -2.21. The van der Waals surface area contributed by atoms with Crippen LogP contribution in [0.4, 0.5) is 13.2 Å². The first kappa shape index (κ1) is 13.5. The molecule has 0 spiro atoms. The van der Waals surface area contributed by atoms with Gasteiger partial charge in [0.2, 0.25) is 0 Å². The molecule has 0 aliphatic heterocycles. The van der Waals surface area contributed by atoms with Crippen LogP contribution < -0.4 is 4.74 Å². The largest absolute Gasteiger partial charge is 0.494 e. The van der Waals surface area contributed by atoms with Crippen LogP contribution in [0.25, 0.3) is 0 Å². The minimum absolute atomic E-state index is 0.0769. The Kier molecular flexibility index (Phi) is 4.54. The third kappa shape index (κ3) is 3.76. The number of rotatable bonds is 5. The van der Waals surface area contributed by atoms with Crippen molar-refractivity contribution in [2.45, 2.75) is 25.4 Å². The molecule has 1 unspecified atom stereocenters. The van der Waals surface area contributed by atoms with Gasteiger partial charge in [0, 0.05) is 6.42 Å². The summed E-state index contributed by atoms with van der Waals surface area (Å²) in [7, 11) is 0. The first-order valence-corrected chi connectivity index (χ1v) is 5.22. The maximum Gasteiger partial charge on any atom is 0.396 e. The standard InChI is InChI=1S/C12H13F3O2/c1-2-17-10-5-3-9(4-6-10)11(7-8-16)12(13,14)15/h3-6,8,11H,2,7H2,1H3. The van der Waals surface area contributed by atoms with Crippen molar-refractivity contribution in [3.8, 4) is 5.75 Å². The molecule has 1 rings (SSSR count). The van der Waals surface area contributed by atoms with Crippen LogP contribution in [0.15, 0.2) is 24.3 Å². The van der Waals surface area contributed by atoms with Gasteiger partial charge >= 0.3 is 6.18 Å². The maximum atomic E-state index is 12.7. The fraction of sp³-hybridized carbons (Fsp3) is 0.417. The maximum absolute atomic E-state index is 12.7. The van der Waals surface area contributed by atoms with Crippen molar-refractivity contribution in [3.05, 3.63) is 29.8 Å². The molecule has 0 N–H and O–H groups in total. The predicted octanol–water partition coefficient (Wildman–Crippen LogP) is 3.32. The van der Waals surface area contributed by atoms with E-state index < -0.39 is 18.5 Å². The number of carbonyl (C=O) groups is 1. The molecular weight excluding hydrogens is 233 g/mol. The SMILES string of the molecule is CCOc1ccc(C(CC=O)C(F)(F)F)cc1. The Labute approximate surface area is 97.4 Å². The fourth-order valence-corrected chi connectivity index (χ4v) is 1.52. The van der Waals surface area contributed by atoms with Gasteiger partial charge in [-0.15, -0.1) is 0 Å². The summed E-state index contributed by atoms with van der Waals surface area (Å²) in [5.41, 5.74) is 0.0769. The lowest BCUT2D eigenvalue weighted by Gasteiger charge is -2.18. The van der Waals surface area contributed by atoms with E-state index in [-0.39, 0.29) is 11.8 Å². The lowest BCUT2D eigenvalue weighted by atomic mass is 9.96. The van der Waals surface area contributed by atoms with Gasteiger partial charge in [-0.2, -0.15) is 13.2 Å². The van der Waals surface area contributed by atoms with Crippen LogP contribution in [-0.2, 0) is 4.79 Å². The van der Waals surface area contributed by atoms with E-state index >= 15 is 0 Å². The van der Waals surface area contributed by atoms with Crippen molar-refractivity contribution in [1.82, 2.24) is 0 Å². The average Bonchev–Trinajstić information content (AvgIpc) is 2.26. The Bertz CT molecular complexity index is 357. The van der Waals surface area contributed by atoms with Gasteiger partial charge < -0.3 is 9.53 Å². The van der Waals surface area contributed by atoms with E-state index in [1.165, 1.54) is 24.3 Å². The smallest absolute Gasteiger partial charge is 0.396 e. The Morgan fingerprint density at radius 3 is 2.29 bits per heavy atom. The number of benzene rings is 1. The summed E-state index contributed by atoms with van der Waals surface area (Å²) < 4.78 is 43.1. The molecule has 0 saturated carbocycles. The van der Waals surface area contributed by atoms with Gasteiger partial charge in [-0.3, -0.25) is 0 Å². The van der Waals surface area contributed by atoms with Crippen LogP contribution >= 0.6 is 0 Å². The quantitative estimate of drug-likeness (QED) is 0.745. The van der Waals surface area contributed by atoms with Crippen LogP contribution in [0.2, 0.25) is 0 Å². The molecule has 0 amide bonds. The van der Waals surface area contributed by atoms with Crippen molar-refractivity contribution in [2.75, 3.05) is 6.61 Å². The highest BCUT2D eigenvalue weighted by molar-refractivity contribution is 5.52. The Morgan fingerprint density at radius 1 is 1.29 bits per heavy atom. The third-order valence-electron chi connectivity index (χ3n) is 2.32. The topological polar surface area (TPSA) is 26.3 Å². The molecule has 94 valence electrons. The summed E-state index contributed by atoms with van der Waals surface area (Å²) >= 11 is 0. The van der Waals surface area contributed by atoms with E-state index in [2.05, 4.69) is 0 Å². The first-order valence-electron chi connectivity index (χ1n) is 5.22. The van der Waals surface area contributed by atoms with Crippen molar-refractivity contribution in [1.29, 1.82) is 0 Å². The van der Waals surface area contributed by atoms with Gasteiger partial charge in [0.25, 0.3) is 0 Å². The van der Waals surface area contributed by atoms with E-state index in [0.29, 0.717) is 12.4 Å². The zero-order chi connectivity index (χ0) is 12.9. The molecule has 0 saturated heterocycles. The molecule has 0 heterocycles. The minimum Gasteiger partial charge on any atom is -0.494 e. The first-order chi connectivity index (χ1) is 7.99. The molecule has 1 aromatic carbocycles. The van der Waals surface area contributed by atoms with E-state index in [1.54, 1.807) is 6.92 Å². The second-order valence-corrected chi connectivity index (χ2v) is 3.50. The van der Waals surface area contributed by atoms with Crippen LogP contribution in [0.5, 0.6) is 5.75 Å². The highest BCUT2D eigenvalue weighted by Crippen LogP contribution is 2.37. The molecule has 0 aliphatic carbocycles. The van der Waals surface area contributed by atoms with Gasteiger partial charge in [0.05, 0.1) is 12.5 Å². The number of ether oxygens (including phenoxy) is 1. The molecular formula is C12H13F3O2. The van der Waals surface area contributed by atoms with E-state index in [0.717, 1.165) is 0 Å². The molecule has 1 atom stereocenters. The van der Waals surface area contributed by atoms with Gasteiger partial charge in [0.1, 0.15) is 12.0 Å². The number of hydrogen-bond acceptors (Lipinski definition) is 2. The monoisotopic (exact) mass is 246 g/mol. The highest BCUT2D eigenvalue weighted by atomic mass is 19.4. The number of alkyl halides is 3. The van der Waals surface area contributed by atoms with Crippen LogP contribution in [0.3, 0.4) is 0 Å². The number of aldehydes is 1. The van der Waals surface area contributed by atoms with E-state index in [9.17, 15) is 18.0 Å². The average molecular weight is 246 g/mol. The molecule has 17 heavy (non-hydrogen) atoms. The third-order valence-corrected chi connectivity index (χ3v) is 2.32. The lowest BCUT2D eigenvalue weighted by molar-refractivity contribution is -0.154. The molecule has 5 heteroatoms. The second-order valence-electron chi connectivity index (χ2n) is 3.50. The Hall–Kier alpha value is -1.52. The fourth-order valence-electron chi connectivity index (χ4n) is 1.52. The molecule has 0 bridgehead atoms. The van der Waals surface area contributed by atoms with Gasteiger partial charge in [-0.25, -0.2) is 0 Å². The Balaban J connectivity index is 2.91. The number of carbonyl (C=O) groups excluding carboxylic acids is 1. The molecule has 0 radical (unpaired) electrons. The number of hydrogen-bond donors (Lipinski definition) is 0. The summed E-state index contributed by atoms with van der Waals surface area (Å²) in [5, 5.41) is 0. The van der Waals surface area contributed by atoms with Gasteiger partial charge in [-0.1, -0.05) is 12.1 Å². The van der Waals surface area contributed by atoms with E-state index in [1.807, 2.05) is 0 Å². The minimum atomic E-state index is -4.41. The molecule has 0 aliphatic rings. The van der Waals surface area contributed by atoms with Crippen LogP contribution in [-0.4, -0.2) is 19.1 Å². The number of halogens is 3. The van der Waals surface area contributed by atoms with Crippen molar-refractivity contribution >= 4 is 6.29 Å². The summed E-state index contributed by atoms with van der Waals surface area (Å²) in [5.74, 6) is -1.22. The van der Waals surface area contributed by atoms with Crippen LogP contribution in [0.1, 0.15) is 24.8 Å². The zero-order valence-corrected chi connectivity index (χ0v) is 9.33. The zero-order valence-electron chi connectivity index (χ0n) is 9.33. The van der Waals surface area contributed by atoms with Crippen LogP contribution in [0, 0.1) is 0 Å². The Morgan fingerprint density at radius 2 is 1.88 bits per heavy atom. The van der Waals surface area contributed by atoms with Crippen molar-refractivity contribution in [3.63, 3.8) is 0 Å². The van der Waals surface area contributed by atoms with Gasteiger partial charge in [0.15, 0.2) is 0 Å². The summed E-state index contributed by atoms with van der Waals surface area (Å²) in [6.07, 6.45) is -4.68. The normalized spacial score (nSPS) is 13.2. The summed E-state index contributed by atoms with van der Waals surface area (Å²) in [6.45, 7) is 2.25. The molecule has 1 aromatic rings. The predicted molar refractivity (Wildman–Crippen MR) is 57.1 cm³/mol. The molecule has 2 nitrogen and oxygen atoms in total. The summed E-state index contributed by atoms with van der Waals surface area (Å²) in [4.78, 5) is 10.3. The second kappa shape index (κ2) is 5.70.